The molecular formula is C40H76O12S. The first kappa shape index (κ1) is 49.9. The molecule has 0 saturated carbocycles. The Bertz CT molecular complexity index is 994. The fourth-order valence-corrected chi connectivity index (χ4v) is 6.93. The third-order valence-corrected chi connectivity index (χ3v) is 10.1. The average Bonchev–Trinajstić information content (AvgIpc) is 3.12. The van der Waals surface area contributed by atoms with Gasteiger partial charge >= 0.3 is 16.4 Å². The number of esters is 1. The van der Waals surface area contributed by atoms with Crippen molar-refractivity contribution in [2.45, 2.75) is 211 Å². The van der Waals surface area contributed by atoms with E-state index >= 15 is 0 Å². The van der Waals surface area contributed by atoms with Gasteiger partial charge in [0.25, 0.3) is 0 Å². The van der Waals surface area contributed by atoms with Gasteiger partial charge in [0.1, 0.15) is 30.5 Å². The van der Waals surface area contributed by atoms with E-state index in [1.807, 2.05) is 0 Å². The van der Waals surface area contributed by atoms with Crippen LogP contribution in [0.5, 0.6) is 0 Å². The van der Waals surface area contributed by atoms with Gasteiger partial charge < -0.3 is 34.3 Å². The molecule has 0 radical (unpaired) electrons. The first-order chi connectivity index (χ1) is 25.6. The maximum atomic E-state index is 12.8. The molecule has 6 atom stereocenters. The number of rotatable bonds is 36. The Morgan fingerprint density at radius 1 is 0.698 bits per heavy atom. The SMILES string of the molecule is CCCC/C=C\CCCCCCCC(=O)OC(COCCCCCCCCCCCCCCCCC)COC1OC(CO)C(O)C(OS(=O)(=O)O)C1O. The maximum Gasteiger partial charge on any atom is 0.397 e. The fourth-order valence-electron chi connectivity index (χ4n) is 6.42. The van der Waals surface area contributed by atoms with E-state index in [1.54, 1.807) is 0 Å². The van der Waals surface area contributed by atoms with Crippen LogP contribution >= 0.6 is 0 Å². The predicted octanol–water partition coefficient (Wildman–Crippen LogP) is 7.91. The lowest BCUT2D eigenvalue weighted by Gasteiger charge is -2.41. The summed E-state index contributed by atoms with van der Waals surface area (Å²) in [5.74, 6) is -0.408. The summed E-state index contributed by atoms with van der Waals surface area (Å²) >= 11 is 0. The zero-order valence-corrected chi connectivity index (χ0v) is 33.9. The number of aliphatic hydroxyl groups excluding tert-OH is 3. The molecule has 1 aliphatic rings. The van der Waals surface area contributed by atoms with Crippen LogP contribution in [-0.4, -0.2) is 97.5 Å². The molecule has 0 amide bonds. The Hall–Kier alpha value is -1.16. The summed E-state index contributed by atoms with van der Waals surface area (Å²) < 4.78 is 58.8. The summed E-state index contributed by atoms with van der Waals surface area (Å²) in [6.07, 6.45) is 23.9. The molecule has 13 heteroatoms. The lowest BCUT2D eigenvalue weighted by Crippen LogP contribution is -2.60. The lowest BCUT2D eigenvalue weighted by molar-refractivity contribution is -0.301. The summed E-state index contributed by atoms with van der Waals surface area (Å²) in [7, 11) is -5.05. The van der Waals surface area contributed by atoms with Crippen LogP contribution in [-0.2, 0) is 38.3 Å². The van der Waals surface area contributed by atoms with Crippen LogP contribution < -0.4 is 0 Å². The van der Waals surface area contributed by atoms with E-state index in [0.717, 1.165) is 57.8 Å². The summed E-state index contributed by atoms with van der Waals surface area (Å²) in [4.78, 5) is 12.8. The second kappa shape index (κ2) is 33.0. The first-order valence-electron chi connectivity index (χ1n) is 20.9. The normalized spacial score (nSPS) is 21.4. The molecule has 1 rings (SSSR count). The molecule has 0 aromatic rings. The van der Waals surface area contributed by atoms with E-state index in [1.165, 1.54) is 89.9 Å². The van der Waals surface area contributed by atoms with Crippen LogP contribution in [0.2, 0.25) is 0 Å². The number of hydrogen-bond acceptors (Lipinski definition) is 11. The zero-order chi connectivity index (χ0) is 39.0. The highest BCUT2D eigenvalue weighted by Crippen LogP contribution is 2.26. The third-order valence-electron chi connectivity index (χ3n) is 9.64. The van der Waals surface area contributed by atoms with Crippen molar-refractivity contribution >= 4 is 16.4 Å². The largest absolute Gasteiger partial charge is 0.457 e. The Labute approximate surface area is 321 Å². The van der Waals surface area contributed by atoms with Crippen molar-refractivity contribution in [1.29, 1.82) is 0 Å². The highest BCUT2D eigenvalue weighted by Gasteiger charge is 2.48. The molecule has 1 saturated heterocycles. The molecule has 12 nitrogen and oxygen atoms in total. The van der Waals surface area contributed by atoms with Gasteiger partial charge in [-0.2, -0.15) is 8.42 Å². The minimum absolute atomic E-state index is 0.0376. The Kier molecular flexibility index (Phi) is 31.1. The van der Waals surface area contributed by atoms with Crippen LogP contribution in [0.25, 0.3) is 0 Å². The van der Waals surface area contributed by atoms with Gasteiger partial charge in [-0.3, -0.25) is 9.35 Å². The van der Waals surface area contributed by atoms with Gasteiger partial charge in [0.2, 0.25) is 0 Å². The number of ether oxygens (including phenoxy) is 4. The van der Waals surface area contributed by atoms with E-state index in [4.69, 9.17) is 23.5 Å². The molecule has 53 heavy (non-hydrogen) atoms. The van der Waals surface area contributed by atoms with Crippen molar-refractivity contribution in [2.24, 2.45) is 0 Å². The smallest absolute Gasteiger partial charge is 0.397 e. The van der Waals surface area contributed by atoms with Crippen molar-refractivity contribution in [1.82, 2.24) is 0 Å². The van der Waals surface area contributed by atoms with E-state index < -0.39 is 59.8 Å². The van der Waals surface area contributed by atoms with Crippen molar-refractivity contribution in [3.63, 3.8) is 0 Å². The highest BCUT2D eigenvalue weighted by molar-refractivity contribution is 7.80. The zero-order valence-electron chi connectivity index (χ0n) is 33.1. The van der Waals surface area contributed by atoms with Crippen molar-refractivity contribution in [2.75, 3.05) is 26.4 Å². The van der Waals surface area contributed by atoms with E-state index in [0.29, 0.717) is 13.0 Å². The summed E-state index contributed by atoms with van der Waals surface area (Å²) in [6.45, 7) is 3.94. The second-order valence-electron chi connectivity index (χ2n) is 14.6. The molecule has 1 fully saturated rings. The average molecular weight is 781 g/mol. The monoisotopic (exact) mass is 781 g/mol. The molecule has 0 spiro atoms. The van der Waals surface area contributed by atoms with Crippen LogP contribution in [0, 0.1) is 0 Å². The van der Waals surface area contributed by atoms with E-state index in [2.05, 4.69) is 30.2 Å². The Morgan fingerprint density at radius 3 is 1.75 bits per heavy atom. The molecule has 1 heterocycles. The van der Waals surface area contributed by atoms with Crippen LogP contribution in [0.3, 0.4) is 0 Å². The Morgan fingerprint density at radius 2 is 1.21 bits per heavy atom. The van der Waals surface area contributed by atoms with Crippen LogP contribution in [0.4, 0.5) is 0 Å². The quantitative estimate of drug-likeness (QED) is 0.0209. The minimum Gasteiger partial charge on any atom is -0.457 e. The minimum atomic E-state index is -5.05. The number of allylic oxidation sites excluding steroid dienone is 2. The molecule has 1 aliphatic heterocycles. The van der Waals surface area contributed by atoms with Crippen molar-refractivity contribution < 1.29 is 56.2 Å². The van der Waals surface area contributed by atoms with E-state index in [9.17, 15) is 28.5 Å². The second-order valence-corrected chi connectivity index (χ2v) is 15.6. The number of aliphatic hydroxyl groups is 3. The van der Waals surface area contributed by atoms with Crippen LogP contribution in [0.1, 0.15) is 174 Å². The fraction of sp³-hybridized carbons (Fsp3) is 0.925. The van der Waals surface area contributed by atoms with Crippen LogP contribution in [0.15, 0.2) is 12.2 Å². The standard InChI is InChI=1S/C40H76O12S/c1-3-5-7-9-11-13-15-16-17-18-20-22-24-26-28-30-48-32-34(50-36(42)29-27-25-23-21-19-14-12-10-8-6-4-2)33-49-40-38(44)39(52-53(45,46)47)37(43)35(31-41)51-40/h10,12,34-35,37-41,43-44H,3-9,11,13-33H2,1-2H3,(H,45,46,47)/b12-10-. The van der Waals surface area contributed by atoms with Gasteiger partial charge in [-0.25, -0.2) is 4.18 Å². The van der Waals surface area contributed by atoms with Gasteiger partial charge in [-0.15, -0.1) is 0 Å². The van der Waals surface area contributed by atoms with Gasteiger partial charge in [0.05, 0.1) is 19.8 Å². The molecule has 6 unspecified atom stereocenters. The topological polar surface area (TPSA) is 178 Å². The third kappa shape index (κ3) is 27.1. The molecule has 0 aliphatic carbocycles. The molecule has 314 valence electrons. The Balaban J connectivity index is 2.46. The number of carbonyl (C=O) groups excluding carboxylic acids is 1. The van der Waals surface area contributed by atoms with Gasteiger partial charge in [0, 0.05) is 13.0 Å². The molecule has 0 aromatic heterocycles. The molecule has 4 N–H and O–H groups in total. The summed E-state index contributed by atoms with van der Waals surface area (Å²) in [6, 6.07) is 0. The predicted molar refractivity (Wildman–Crippen MR) is 207 cm³/mol. The van der Waals surface area contributed by atoms with Gasteiger partial charge in [0.15, 0.2) is 6.29 Å². The summed E-state index contributed by atoms with van der Waals surface area (Å²) in [5, 5.41) is 30.6. The van der Waals surface area contributed by atoms with E-state index in [-0.39, 0.29) is 19.6 Å². The lowest BCUT2D eigenvalue weighted by atomic mass is 9.99. The number of hydrogen-bond donors (Lipinski definition) is 4. The molecular weight excluding hydrogens is 704 g/mol. The summed E-state index contributed by atoms with van der Waals surface area (Å²) in [5.41, 5.74) is 0. The van der Waals surface area contributed by atoms with Crippen molar-refractivity contribution in [3.05, 3.63) is 12.2 Å². The number of unbranched alkanes of at least 4 members (excludes halogenated alkanes) is 21. The van der Waals surface area contributed by atoms with Gasteiger partial charge in [-0.05, 0) is 32.1 Å². The maximum absolute atomic E-state index is 12.8. The first-order valence-corrected chi connectivity index (χ1v) is 22.3. The molecule has 0 aromatic carbocycles. The highest BCUT2D eigenvalue weighted by atomic mass is 32.3. The molecule has 0 bridgehead atoms. The van der Waals surface area contributed by atoms with Gasteiger partial charge in [-0.1, -0.05) is 148 Å². The van der Waals surface area contributed by atoms with Crippen molar-refractivity contribution in [3.8, 4) is 0 Å². The number of carbonyl (C=O) groups is 1.